The molecular formula is C18H12BrF6NO3. The lowest BCUT2D eigenvalue weighted by Crippen LogP contribution is -2.42. The van der Waals surface area contributed by atoms with Crippen LogP contribution in [0.5, 0.6) is 0 Å². The number of halogens is 7. The number of carboxylic acid groups (broad SMARTS) is 1. The van der Waals surface area contributed by atoms with Gasteiger partial charge in [-0.25, -0.2) is 4.79 Å². The van der Waals surface area contributed by atoms with Crippen LogP contribution in [0.2, 0.25) is 0 Å². The van der Waals surface area contributed by atoms with Gasteiger partial charge in [0.2, 0.25) is 0 Å². The fourth-order valence-electron chi connectivity index (χ4n) is 2.38. The lowest BCUT2D eigenvalue weighted by Gasteiger charge is -2.17. The fourth-order valence-corrected chi connectivity index (χ4v) is 2.65. The van der Waals surface area contributed by atoms with Crippen molar-refractivity contribution >= 4 is 27.8 Å². The van der Waals surface area contributed by atoms with Crippen molar-refractivity contribution in [1.29, 1.82) is 0 Å². The van der Waals surface area contributed by atoms with E-state index in [4.69, 9.17) is 0 Å². The predicted octanol–water partition coefficient (Wildman–Crippen LogP) is 4.91. The summed E-state index contributed by atoms with van der Waals surface area (Å²) in [4.78, 5) is 23.7. The van der Waals surface area contributed by atoms with Gasteiger partial charge in [-0.15, -0.1) is 0 Å². The molecule has 11 heteroatoms. The number of aliphatic carboxylic acids is 1. The monoisotopic (exact) mass is 483 g/mol. The number of alkyl halides is 6. The van der Waals surface area contributed by atoms with Crippen molar-refractivity contribution < 1.29 is 41.0 Å². The SMILES string of the molecule is O=C(N[C@H](Cc1ccc(Br)cc1)C(=O)O)c1cc(C(F)(F)F)cc(C(F)(F)F)c1. The van der Waals surface area contributed by atoms with E-state index in [1.54, 1.807) is 24.3 Å². The molecule has 0 saturated carbocycles. The van der Waals surface area contributed by atoms with Gasteiger partial charge < -0.3 is 10.4 Å². The number of carbonyl (C=O) groups is 2. The van der Waals surface area contributed by atoms with E-state index in [0.717, 1.165) is 0 Å². The predicted molar refractivity (Wildman–Crippen MR) is 93.2 cm³/mol. The van der Waals surface area contributed by atoms with Crippen LogP contribution < -0.4 is 5.32 Å². The zero-order valence-corrected chi connectivity index (χ0v) is 15.8. The van der Waals surface area contributed by atoms with Crippen molar-refractivity contribution in [3.05, 3.63) is 69.2 Å². The van der Waals surface area contributed by atoms with E-state index in [-0.39, 0.29) is 24.6 Å². The molecule has 2 aromatic rings. The van der Waals surface area contributed by atoms with Crippen LogP contribution in [-0.2, 0) is 23.6 Å². The van der Waals surface area contributed by atoms with E-state index < -0.39 is 47.0 Å². The van der Waals surface area contributed by atoms with Crippen LogP contribution in [0.15, 0.2) is 46.9 Å². The van der Waals surface area contributed by atoms with Gasteiger partial charge in [-0.3, -0.25) is 4.79 Å². The van der Waals surface area contributed by atoms with Gasteiger partial charge >= 0.3 is 18.3 Å². The Morgan fingerprint density at radius 3 is 1.83 bits per heavy atom. The number of hydrogen-bond donors (Lipinski definition) is 2. The second-order valence-electron chi connectivity index (χ2n) is 5.99. The molecular weight excluding hydrogens is 472 g/mol. The molecule has 0 bridgehead atoms. The van der Waals surface area contributed by atoms with Gasteiger partial charge in [-0.2, -0.15) is 26.3 Å². The van der Waals surface area contributed by atoms with E-state index in [2.05, 4.69) is 15.9 Å². The highest BCUT2D eigenvalue weighted by Gasteiger charge is 2.37. The number of carbonyl (C=O) groups excluding carboxylic acids is 1. The Kier molecular flexibility index (Phi) is 6.61. The Morgan fingerprint density at radius 1 is 0.931 bits per heavy atom. The van der Waals surface area contributed by atoms with Crippen molar-refractivity contribution in [2.24, 2.45) is 0 Å². The first-order chi connectivity index (χ1) is 13.3. The molecule has 156 valence electrons. The molecule has 1 amide bonds. The molecule has 0 unspecified atom stereocenters. The maximum atomic E-state index is 12.9. The van der Waals surface area contributed by atoms with Crippen molar-refractivity contribution in [1.82, 2.24) is 5.32 Å². The summed E-state index contributed by atoms with van der Waals surface area (Å²) < 4.78 is 78.2. The molecule has 29 heavy (non-hydrogen) atoms. The van der Waals surface area contributed by atoms with E-state index in [1.807, 2.05) is 5.32 Å². The van der Waals surface area contributed by atoms with Gasteiger partial charge in [0.1, 0.15) is 6.04 Å². The molecule has 0 radical (unpaired) electrons. The summed E-state index contributed by atoms with van der Waals surface area (Å²) in [5.41, 5.74) is -3.80. The van der Waals surface area contributed by atoms with Crippen molar-refractivity contribution in [3.63, 3.8) is 0 Å². The van der Waals surface area contributed by atoms with Crippen molar-refractivity contribution in [2.75, 3.05) is 0 Å². The summed E-state index contributed by atoms with van der Waals surface area (Å²) in [5, 5.41) is 11.2. The Bertz CT molecular complexity index is 877. The van der Waals surface area contributed by atoms with Gasteiger partial charge in [0.15, 0.2) is 0 Å². The zero-order valence-electron chi connectivity index (χ0n) is 14.2. The molecule has 1 atom stereocenters. The molecule has 0 saturated heterocycles. The third-order valence-corrected chi connectivity index (χ3v) is 4.34. The summed E-state index contributed by atoms with van der Waals surface area (Å²) in [6, 6.07) is 5.12. The Morgan fingerprint density at radius 2 is 1.41 bits per heavy atom. The Balaban J connectivity index is 2.33. The highest BCUT2D eigenvalue weighted by atomic mass is 79.9. The first-order valence-corrected chi connectivity index (χ1v) is 8.64. The molecule has 0 aliphatic carbocycles. The smallest absolute Gasteiger partial charge is 0.416 e. The number of carboxylic acids is 1. The maximum absolute atomic E-state index is 12.9. The first kappa shape index (κ1) is 22.7. The van der Waals surface area contributed by atoms with Crippen LogP contribution in [0.4, 0.5) is 26.3 Å². The van der Waals surface area contributed by atoms with Crippen LogP contribution in [0, 0.1) is 0 Å². The van der Waals surface area contributed by atoms with E-state index >= 15 is 0 Å². The van der Waals surface area contributed by atoms with Crippen molar-refractivity contribution in [3.8, 4) is 0 Å². The lowest BCUT2D eigenvalue weighted by molar-refractivity contribution is -0.143. The van der Waals surface area contributed by atoms with Crippen LogP contribution in [-0.4, -0.2) is 23.0 Å². The first-order valence-electron chi connectivity index (χ1n) is 7.85. The van der Waals surface area contributed by atoms with Gasteiger partial charge in [0, 0.05) is 16.5 Å². The zero-order chi connectivity index (χ0) is 22.0. The minimum absolute atomic E-state index is 0.118. The van der Waals surface area contributed by atoms with E-state index in [1.165, 1.54) is 0 Å². The average molecular weight is 484 g/mol. The van der Waals surface area contributed by atoms with Gasteiger partial charge in [0.05, 0.1) is 11.1 Å². The number of hydrogen-bond acceptors (Lipinski definition) is 2. The third kappa shape index (κ3) is 6.21. The summed E-state index contributed by atoms with van der Waals surface area (Å²) in [6.45, 7) is 0. The van der Waals surface area contributed by atoms with Crippen LogP contribution in [0.25, 0.3) is 0 Å². The molecule has 0 aliphatic heterocycles. The minimum Gasteiger partial charge on any atom is -0.480 e. The van der Waals surface area contributed by atoms with Gasteiger partial charge in [0.25, 0.3) is 5.91 Å². The number of benzene rings is 2. The molecule has 4 nitrogen and oxygen atoms in total. The second kappa shape index (κ2) is 8.44. The highest BCUT2D eigenvalue weighted by Crippen LogP contribution is 2.36. The van der Waals surface area contributed by atoms with Crippen LogP contribution >= 0.6 is 15.9 Å². The third-order valence-electron chi connectivity index (χ3n) is 3.81. The van der Waals surface area contributed by atoms with E-state index in [0.29, 0.717) is 10.0 Å². The van der Waals surface area contributed by atoms with Crippen molar-refractivity contribution in [2.45, 2.75) is 24.8 Å². The molecule has 2 rings (SSSR count). The maximum Gasteiger partial charge on any atom is 0.416 e. The second-order valence-corrected chi connectivity index (χ2v) is 6.91. The molecule has 0 aliphatic rings. The normalized spacial score (nSPS) is 13.1. The topological polar surface area (TPSA) is 66.4 Å². The quantitative estimate of drug-likeness (QED) is 0.593. The summed E-state index contributed by atoms with van der Waals surface area (Å²) >= 11 is 3.19. The average Bonchev–Trinajstić information content (AvgIpc) is 2.61. The van der Waals surface area contributed by atoms with Crippen LogP contribution in [0.1, 0.15) is 27.0 Å². The summed E-state index contributed by atoms with van der Waals surface area (Å²) in [5.74, 6) is -2.87. The molecule has 0 spiro atoms. The number of rotatable bonds is 5. The van der Waals surface area contributed by atoms with E-state index in [9.17, 15) is 41.0 Å². The Labute approximate surface area is 168 Å². The molecule has 2 N–H and O–H groups in total. The van der Waals surface area contributed by atoms with Crippen LogP contribution in [0.3, 0.4) is 0 Å². The molecule has 0 fully saturated rings. The largest absolute Gasteiger partial charge is 0.480 e. The standard InChI is InChI=1S/C18H12BrF6NO3/c19-13-3-1-9(2-4-13)5-14(16(28)29)26-15(27)10-6-11(17(20,21)22)8-12(7-10)18(23,24)25/h1-4,6-8,14H,5H2,(H,26,27)(H,28,29)/t14-/m1/s1. The fraction of sp³-hybridized carbons (Fsp3) is 0.222. The van der Waals surface area contributed by atoms with Gasteiger partial charge in [-0.1, -0.05) is 28.1 Å². The van der Waals surface area contributed by atoms with Gasteiger partial charge in [-0.05, 0) is 35.9 Å². The highest BCUT2D eigenvalue weighted by molar-refractivity contribution is 9.10. The summed E-state index contributed by atoms with van der Waals surface area (Å²) in [6.07, 6.45) is -10.5. The number of amides is 1. The summed E-state index contributed by atoms with van der Waals surface area (Å²) in [7, 11) is 0. The molecule has 0 heterocycles. The Hall–Kier alpha value is -2.56. The molecule has 2 aromatic carbocycles. The number of nitrogens with one attached hydrogen (secondary N) is 1. The lowest BCUT2D eigenvalue weighted by atomic mass is 10.0. The molecule has 0 aromatic heterocycles. The minimum atomic E-state index is -5.13.